The second kappa shape index (κ2) is 8.39. The molecular weight excluding hydrogens is 284 g/mol. The highest BCUT2D eigenvalue weighted by molar-refractivity contribution is 7.81. The number of rotatable bonds is 5. The molecule has 122 valence electrons. The van der Waals surface area contributed by atoms with Gasteiger partial charge >= 0.3 is 0 Å². The van der Waals surface area contributed by atoms with Gasteiger partial charge in [0.2, 0.25) is 5.91 Å². The van der Waals surface area contributed by atoms with Crippen LogP contribution in [-0.2, 0) is 9.53 Å². The van der Waals surface area contributed by atoms with Crippen LogP contribution in [0.5, 0.6) is 0 Å². The van der Waals surface area contributed by atoms with Gasteiger partial charge in [0.15, 0.2) is 0 Å². The summed E-state index contributed by atoms with van der Waals surface area (Å²) in [5, 5.41) is -0.119. The fourth-order valence-electron chi connectivity index (χ4n) is 3.46. The van der Waals surface area contributed by atoms with Gasteiger partial charge in [0.05, 0.1) is 11.4 Å². The Kier molecular flexibility index (Phi) is 6.83. The summed E-state index contributed by atoms with van der Waals surface area (Å²) in [7, 11) is 1.82. The lowest BCUT2D eigenvalue weighted by molar-refractivity contribution is -0.132. The molecule has 0 spiro atoms. The van der Waals surface area contributed by atoms with Gasteiger partial charge in [-0.1, -0.05) is 6.92 Å². The lowest BCUT2D eigenvalue weighted by atomic mass is 9.94. The number of methoxy groups -OCH3 is 1. The highest BCUT2D eigenvalue weighted by Gasteiger charge is 2.28. The molecule has 1 amide bonds. The van der Waals surface area contributed by atoms with Gasteiger partial charge in [-0.25, -0.2) is 0 Å². The van der Waals surface area contributed by atoms with Crippen molar-refractivity contribution >= 4 is 18.5 Å². The quantitative estimate of drug-likeness (QED) is 0.788. The third-order valence-corrected chi connectivity index (χ3v) is 5.50. The van der Waals surface area contributed by atoms with Gasteiger partial charge in [0, 0.05) is 33.3 Å². The summed E-state index contributed by atoms with van der Waals surface area (Å²) in [6.45, 7) is 7.27. The summed E-state index contributed by atoms with van der Waals surface area (Å²) in [6, 6.07) is 0. The van der Waals surface area contributed by atoms with Crippen LogP contribution in [0.4, 0.5) is 0 Å². The van der Waals surface area contributed by atoms with E-state index in [-0.39, 0.29) is 11.2 Å². The van der Waals surface area contributed by atoms with Crippen LogP contribution in [-0.4, -0.2) is 66.9 Å². The first-order valence-corrected chi connectivity index (χ1v) is 8.87. The largest absolute Gasteiger partial charge is 0.380 e. The topological polar surface area (TPSA) is 32.8 Å². The van der Waals surface area contributed by atoms with Gasteiger partial charge in [-0.15, -0.1) is 0 Å². The minimum absolute atomic E-state index is 0.119. The maximum absolute atomic E-state index is 12.1. The van der Waals surface area contributed by atoms with Crippen molar-refractivity contribution in [2.45, 2.75) is 50.4 Å². The minimum Gasteiger partial charge on any atom is -0.380 e. The van der Waals surface area contributed by atoms with Crippen LogP contribution in [0.25, 0.3) is 0 Å². The molecule has 2 aliphatic rings. The molecule has 2 unspecified atom stereocenters. The van der Waals surface area contributed by atoms with E-state index in [0.29, 0.717) is 6.10 Å². The average molecular weight is 314 g/mol. The fraction of sp³-hybridized carbons (Fsp3) is 0.938. The second-order valence-electron chi connectivity index (χ2n) is 6.45. The highest BCUT2D eigenvalue weighted by atomic mass is 32.1. The first-order valence-electron chi connectivity index (χ1n) is 8.36. The summed E-state index contributed by atoms with van der Waals surface area (Å²) in [5.41, 5.74) is 0. The summed E-state index contributed by atoms with van der Waals surface area (Å²) < 4.78 is 5.49. The zero-order valence-corrected chi connectivity index (χ0v) is 14.4. The Bertz CT molecular complexity index is 332. The van der Waals surface area contributed by atoms with E-state index in [1.807, 2.05) is 18.9 Å². The minimum atomic E-state index is -0.119. The molecule has 4 nitrogen and oxygen atoms in total. The Morgan fingerprint density at radius 1 is 1.29 bits per heavy atom. The number of hydrogen-bond donors (Lipinski definition) is 1. The Morgan fingerprint density at radius 3 is 2.62 bits per heavy atom. The molecule has 2 saturated heterocycles. The van der Waals surface area contributed by atoms with Crippen molar-refractivity contribution in [3.8, 4) is 0 Å². The SMILES string of the molecule is CCC(S)C(=O)N1CCC(CN2CCCC(OC)C2)CC1. The molecule has 0 saturated carbocycles. The molecular formula is C16H30N2O2S. The number of carbonyl (C=O) groups excluding carboxylic acids is 1. The van der Waals surface area contributed by atoms with Crippen molar-refractivity contribution in [2.75, 3.05) is 39.8 Å². The number of hydrogen-bond acceptors (Lipinski definition) is 4. The number of carbonyl (C=O) groups is 1. The smallest absolute Gasteiger partial charge is 0.235 e. The van der Waals surface area contributed by atoms with Crippen LogP contribution < -0.4 is 0 Å². The third-order valence-electron chi connectivity index (χ3n) is 4.91. The molecule has 2 atom stereocenters. The van der Waals surface area contributed by atoms with Gasteiger partial charge in [-0.3, -0.25) is 4.79 Å². The van der Waals surface area contributed by atoms with Crippen LogP contribution >= 0.6 is 12.6 Å². The molecule has 21 heavy (non-hydrogen) atoms. The number of nitrogens with zero attached hydrogens (tertiary/aromatic N) is 2. The van der Waals surface area contributed by atoms with Crippen molar-refractivity contribution in [2.24, 2.45) is 5.92 Å². The van der Waals surface area contributed by atoms with Crippen molar-refractivity contribution in [3.05, 3.63) is 0 Å². The molecule has 0 aliphatic carbocycles. The van der Waals surface area contributed by atoms with Crippen molar-refractivity contribution in [1.82, 2.24) is 9.80 Å². The summed E-state index contributed by atoms with van der Waals surface area (Å²) in [6.07, 6.45) is 5.92. The number of piperidine rings is 2. The molecule has 2 aliphatic heterocycles. The standard InChI is InChI=1S/C16H30N2O2S/c1-3-15(21)16(19)18-9-6-13(7-10-18)11-17-8-4-5-14(12-17)20-2/h13-15,21H,3-12H2,1-2H3. The van der Waals surface area contributed by atoms with E-state index in [2.05, 4.69) is 17.5 Å². The third kappa shape index (κ3) is 4.86. The number of likely N-dealkylation sites (tertiary alicyclic amines) is 2. The van der Waals surface area contributed by atoms with Crippen molar-refractivity contribution in [1.29, 1.82) is 0 Å². The van der Waals surface area contributed by atoms with Gasteiger partial charge in [0.1, 0.15) is 0 Å². The van der Waals surface area contributed by atoms with Crippen molar-refractivity contribution < 1.29 is 9.53 Å². The van der Waals surface area contributed by atoms with Gasteiger partial charge < -0.3 is 14.5 Å². The zero-order chi connectivity index (χ0) is 15.2. The van der Waals surface area contributed by atoms with E-state index in [1.54, 1.807) is 0 Å². The maximum atomic E-state index is 12.1. The monoisotopic (exact) mass is 314 g/mol. The summed E-state index contributed by atoms with van der Waals surface area (Å²) in [4.78, 5) is 16.7. The summed E-state index contributed by atoms with van der Waals surface area (Å²) >= 11 is 4.37. The number of amides is 1. The molecule has 0 aromatic carbocycles. The molecule has 2 rings (SSSR count). The molecule has 5 heteroatoms. The van der Waals surface area contributed by atoms with E-state index in [1.165, 1.54) is 25.9 Å². The fourth-order valence-corrected chi connectivity index (χ4v) is 3.62. The van der Waals surface area contributed by atoms with Crippen LogP contribution in [0.1, 0.15) is 39.0 Å². The number of thiol groups is 1. The summed E-state index contributed by atoms with van der Waals surface area (Å²) in [5.74, 6) is 0.946. The Balaban J connectivity index is 1.73. The van der Waals surface area contributed by atoms with E-state index in [9.17, 15) is 4.79 Å². The molecule has 2 fully saturated rings. The molecule has 0 N–H and O–H groups in total. The predicted molar refractivity (Wildman–Crippen MR) is 88.8 cm³/mol. The zero-order valence-electron chi connectivity index (χ0n) is 13.5. The lowest BCUT2D eigenvalue weighted by Crippen LogP contribution is -2.46. The molecule has 0 aromatic rings. The Morgan fingerprint density at radius 2 is 2.00 bits per heavy atom. The maximum Gasteiger partial charge on any atom is 0.235 e. The number of ether oxygens (including phenoxy) is 1. The first kappa shape index (κ1) is 17.1. The van der Waals surface area contributed by atoms with Gasteiger partial charge in [-0.2, -0.15) is 12.6 Å². The highest BCUT2D eigenvalue weighted by Crippen LogP contribution is 2.22. The molecule has 0 bridgehead atoms. The molecule has 2 heterocycles. The van der Waals surface area contributed by atoms with E-state index >= 15 is 0 Å². The second-order valence-corrected chi connectivity index (χ2v) is 7.08. The molecule has 0 aromatic heterocycles. The Labute approximate surface area is 134 Å². The molecule has 0 radical (unpaired) electrons. The van der Waals surface area contributed by atoms with Gasteiger partial charge in [0.25, 0.3) is 0 Å². The van der Waals surface area contributed by atoms with E-state index in [0.717, 1.165) is 44.8 Å². The van der Waals surface area contributed by atoms with E-state index < -0.39 is 0 Å². The van der Waals surface area contributed by atoms with E-state index in [4.69, 9.17) is 4.74 Å². The first-order chi connectivity index (χ1) is 10.1. The average Bonchev–Trinajstić information content (AvgIpc) is 2.54. The Hall–Kier alpha value is -0.260. The normalized spacial score (nSPS) is 26.8. The predicted octanol–water partition coefficient (Wildman–Crippen LogP) is 2.04. The van der Waals surface area contributed by atoms with Crippen LogP contribution in [0.2, 0.25) is 0 Å². The van der Waals surface area contributed by atoms with Crippen LogP contribution in [0, 0.1) is 5.92 Å². The van der Waals surface area contributed by atoms with Crippen LogP contribution in [0.15, 0.2) is 0 Å². The van der Waals surface area contributed by atoms with Crippen molar-refractivity contribution in [3.63, 3.8) is 0 Å². The van der Waals surface area contributed by atoms with Crippen LogP contribution in [0.3, 0.4) is 0 Å². The lowest BCUT2D eigenvalue weighted by Gasteiger charge is -2.38. The van der Waals surface area contributed by atoms with Gasteiger partial charge in [-0.05, 0) is 44.6 Å².